The average Bonchev–Trinajstić information content (AvgIpc) is 3.06. The number of halogens is 2. The molecule has 1 aromatic heterocycles. The van der Waals surface area contributed by atoms with E-state index in [-0.39, 0.29) is 11.3 Å². The number of amides is 1. The van der Waals surface area contributed by atoms with Crippen LogP contribution in [-0.2, 0) is 12.8 Å². The lowest BCUT2D eigenvalue weighted by atomic mass is 9.69. The maximum atomic E-state index is 12.6. The third-order valence-corrected chi connectivity index (χ3v) is 6.27. The molecule has 144 valence electrons. The van der Waals surface area contributed by atoms with Crippen molar-refractivity contribution in [1.29, 1.82) is 0 Å². The SMILES string of the molecule is CCC(C)(C)[C@@H]1CCc2[nH]nc(C(=O)N/N=C\c3ccc(Cl)cc3Cl)c2C1. The Bertz CT molecular complexity index is 873. The third kappa shape index (κ3) is 4.36. The van der Waals surface area contributed by atoms with E-state index in [1.54, 1.807) is 18.2 Å². The highest BCUT2D eigenvalue weighted by molar-refractivity contribution is 6.36. The molecule has 7 heteroatoms. The summed E-state index contributed by atoms with van der Waals surface area (Å²) < 4.78 is 0. The molecule has 0 unspecified atom stereocenters. The molecule has 27 heavy (non-hydrogen) atoms. The Morgan fingerprint density at radius 1 is 1.44 bits per heavy atom. The second-order valence-corrected chi connectivity index (χ2v) is 8.52. The minimum atomic E-state index is -0.316. The van der Waals surface area contributed by atoms with Crippen molar-refractivity contribution < 1.29 is 4.79 Å². The molecular formula is C20H24Cl2N4O. The van der Waals surface area contributed by atoms with Crippen LogP contribution in [0.25, 0.3) is 0 Å². The summed E-state index contributed by atoms with van der Waals surface area (Å²) >= 11 is 12.0. The Hall–Kier alpha value is -1.85. The molecule has 3 rings (SSSR count). The molecule has 1 atom stereocenters. The molecule has 1 heterocycles. The quantitative estimate of drug-likeness (QED) is 0.540. The van der Waals surface area contributed by atoms with Gasteiger partial charge in [0.1, 0.15) is 0 Å². The summed E-state index contributed by atoms with van der Waals surface area (Å²) in [7, 11) is 0. The molecule has 2 N–H and O–H groups in total. The van der Waals surface area contributed by atoms with Gasteiger partial charge in [-0.2, -0.15) is 10.2 Å². The molecule has 1 aliphatic carbocycles. The van der Waals surface area contributed by atoms with Gasteiger partial charge in [-0.05, 0) is 42.7 Å². The van der Waals surface area contributed by atoms with Gasteiger partial charge in [-0.25, -0.2) is 5.43 Å². The second-order valence-electron chi connectivity index (χ2n) is 7.68. The van der Waals surface area contributed by atoms with Crippen molar-refractivity contribution in [2.24, 2.45) is 16.4 Å². The van der Waals surface area contributed by atoms with Crippen molar-refractivity contribution in [1.82, 2.24) is 15.6 Å². The molecular weight excluding hydrogens is 383 g/mol. The summed E-state index contributed by atoms with van der Waals surface area (Å²) in [5, 5.41) is 12.3. The normalized spacial score (nSPS) is 17.1. The van der Waals surface area contributed by atoms with Crippen LogP contribution in [-0.4, -0.2) is 22.3 Å². The highest BCUT2D eigenvalue weighted by atomic mass is 35.5. The standard InChI is InChI=1S/C20H24Cl2N4O/c1-4-20(2,3)13-6-8-17-15(9-13)18(25-24-17)19(27)26-23-11-12-5-7-14(21)10-16(12)22/h5,7,10-11,13H,4,6,8-9H2,1-3H3,(H,24,25)(H,26,27)/b23-11-/t13-/m1/s1. The summed E-state index contributed by atoms with van der Waals surface area (Å²) in [6, 6.07) is 5.09. The summed E-state index contributed by atoms with van der Waals surface area (Å²) in [6.07, 6.45) is 5.51. The zero-order valence-electron chi connectivity index (χ0n) is 15.8. The predicted octanol–water partition coefficient (Wildman–Crippen LogP) is 5.02. The van der Waals surface area contributed by atoms with Crippen LogP contribution < -0.4 is 5.43 Å². The number of hydrazone groups is 1. The highest BCUT2D eigenvalue weighted by Crippen LogP contribution is 2.40. The van der Waals surface area contributed by atoms with Gasteiger partial charge in [0.2, 0.25) is 0 Å². The van der Waals surface area contributed by atoms with Crippen LogP contribution in [0.1, 0.15) is 60.9 Å². The number of aromatic amines is 1. The zero-order valence-corrected chi connectivity index (χ0v) is 17.3. The summed E-state index contributed by atoms with van der Waals surface area (Å²) in [5.41, 5.74) is 5.98. The van der Waals surface area contributed by atoms with E-state index in [4.69, 9.17) is 23.2 Å². The van der Waals surface area contributed by atoms with Gasteiger partial charge in [-0.3, -0.25) is 9.89 Å². The van der Waals surface area contributed by atoms with Crippen LogP contribution in [0.3, 0.4) is 0 Å². The maximum Gasteiger partial charge on any atom is 0.292 e. The van der Waals surface area contributed by atoms with Crippen LogP contribution in [0.15, 0.2) is 23.3 Å². The second kappa shape index (κ2) is 8.03. The van der Waals surface area contributed by atoms with Crippen LogP contribution in [0.5, 0.6) is 0 Å². The number of H-pyrrole nitrogens is 1. The Balaban J connectivity index is 1.72. The van der Waals surface area contributed by atoms with E-state index >= 15 is 0 Å². The molecule has 0 bridgehead atoms. The number of aryl methyl sites for hydroxylation is 1. The van der Waals surface area contributed by atoms with Gasteiger partial charge in [-0.1, -0.05) is 56.5 Å². The van der Waals surface area contributed by atoms with Crippen LogP contribution >= 0.6 is 23.2 Å². The van der Waals surface area contributed by atoms with E-state index in [1.165, 1.54) is 6.21 Å². The minimum Gasteiger partial charge on any atom is -0.281 e. The number of carbonyl (C=O) groups excluding carboxylic acids is 1. The van der Waals surface area contributed by atoms with E-state index in [1.807, 2.05) is 0 Å². The predicted molar refractivity (Wildman–Crippen MR) is 110 cm³/mol. The molecule has 0 aliphatic heterocycles. The van der Waals surface area contributed by atoms with Crippen LogP contribution in [0.4, 0.5) is 0 Å². The monoisotopic (exact) mass is 406 g/mol. The minimum absolute atomic E-state index is 0.242. The number of aromatic nitrogens is 2. The van der Waals surface area contributed by atoms with Gasteiger partial charge >= 0.3 is 0 Å². The number of fused-ring (bicyclic) bond motifs is 1. The fraction of sp³-hybridized carbons (Fsp3) is 0.450. The van der Waals surface area contributed by atoms with Crippen molar-refractivity contribution in [2.75, 3.05) is 0 Å². The van der Waals surface area contributed by atoms with Crippen molar-refractivity contribution >= 4 is 35.3 Å². The Morgan fingerprint density at radius 2 is 2.22 bits per heavy atom. The Morgan fingerprint density at radius 3 is 2.93 bits per heavy atom. The first-order valence-electron chi connectivity index (χ1n) is 9.16. The summed E-state index contributed by atoms with van der Waals surface area (Å²) in [4.78, 5) is 12.6. The Kier molecular flexibility index (Phi) is 5.92. The van der Waals surface area contributed by atoms with Gasteiger partial charge in [0.25, 0.3) is 5.91 Å². The lowest BCUT2D eigenvalue weighted by molar-refractivity contribution is 0.0947. The van der Waals surface area contributed by atoms with Gasteiger partial charge in [0.05, 0.1) is 11.2 Å². The van der Waals surface area contributed by atoms with E-state index in [0.717, 1.165) is 36.9 Å². The largest absolute Gasteiger partial charge is 0.292 e. The molecule has 2 aromatic rings. The van der Waals surface area contributed by atoms with E-state index in [9.17, 15) is 4.79 Å². The topological polar surface area (TPSA) is 70.1 Å². The molecule has 5 nitrogen and oxygen atoms in total. The molecule has 1 amide bonds. The lowest BCUT2D eigenvalue weighted by Gasteiger charge is -2.36. The van der Waals surface area contributed by atoms with E-state index in [0.29, 0.717) is 27.2 Å². The number of nitrogens with zero attached hydrogens (tertiary/aromatic N) is 2. The summed E-state index contributed by atoms with van der Waals surface area (Å²) in [5.74, 6) is 0.222. The first-order chi connectivity index (χ1) is 12.8. The molecule has 1 aromatic carbocycles. The van der Waals surface area contributed by atoms with Crippen molar-refractivity contribution in [2.45, 2.75) is 46.5 Å². The van der Waals surface area contributed by atoms with Crippen molar-refractivity contribution in [3.63, 3.8) is 0 Å². The number of rotatable bonds is 5. The molecule has 0 saturated heterocycles. The molecule has 1 aliphatic rings. The van der Waals surface area contributed by atoms with Gasteiger partial charge < -0.3 is 0 Å². The third-order valence-electron chi connectivity index (χ3n) is 5.71. The van der Waals surface area contributed by atoms with Crippen LogP contribution in [0.2, 0.25) is 10.0 Å². The van der Waals surface area contributed by atoms with Crippen molar-refractivity contribution in [3.05, 3.63) is 50.8 Å². The maximum absolute atomic E-state index is 12.6. The van der Waals surface area contributed by atoms with Gasteiger partial charge in [0.15, 0.2) is 5.69 Å². The Labute approximate surface area is 169 Å². The fourth-order valence-electron chi connectivity index (χ4n) is 3.46. The molecule has 0 radical (unpaired) electrons. The van der Waals surface area contributed by atoms with Gasteiger partial charge in [-0.15, -0.1) is 0 Å². The lowest BCUT2D eigenvalue weighted by Crippen LogP contribution is -2.30. The number of hydrogen-bond acceptors (Lipinski definition) is 3. The fourth-order valence-corrected chi connectivity index (χ4v) is 3.92. The average molecular weight is 407 g/mol. The molecule has 0 spiro atoms. The number of nitrogens with one attached hydrogen (secondary N) is 2. The number of hydrogen-bond donors (Lipinski definition) is 2. The van der Waals surface area contributed by atoms with E-state index < -0.39 is 0 Å². The van der Waals surface area contributed by atoms with Crippen LogP contribution in [0, 0.1) is 11.3 Å². The number of carbonyl (C=O) groups is 1. The zero-order chi connectivity index (χ0) is 19.6. The smallest absolute Gasteiger partial charge is 0.281 e. The van der Waals surface area contributed by atoms with Crippen molar-refractivity contribution in [3.8, 4) is 0 Å². The first-order valence-corrected chi connectivity index (χ1v) is 9.92. The summed E-state index contributed by atoms with van der Waals surface area (Å²) in [6.45, 7) is 6.81. The molecule has 0 saturated carbocycles. The van der Waals surface area contributed by atoms with Gasteiger partial charge in [0, 0.05) is 21.8 Å². The first kappa shape index (κ1) is 19.9. The van der Waals surface area contributed by atoms with E-state index in [2.05, 4.69) is 41.5 Å². The molecule has 0 fully saturated rings. The highest BCUT2D eigenvalue weighted by Gasteiger charge is 2.34. The number of benzene rings is 1.